The van der Waals surface area contributed by atoms with Crippen LogP contribution in [0.25, 0.3) is 0 Å². The molecule has 0 bridgehead atoms. The second-order valence-corrected chi connectivity index (χ2v) is 5.83. The number of carboxylic acid groups (broad SMARTS) is 1. The first-order valence-corrected chi connectivity index (χ1v) is 7.08. The Bertz CT molecular complexity index is 498. The van der Waals surface area contributed by atoms with Crippen LogP contribution in [0, 0.1) is 5.92 Å². The Labute approximate surface area is 126 Å². The van der Waals surface area contributed by atoms with Crippen molar-refractivity contribution in [2.45, 2.75) is 13.8 Å². The van der Waals surface area contributed by atoms with Crippen LogP contribution >= 0.6 is 0 Å². The van der Waals surface area contributed by atoms with E-state index in [2.05, 4.69) is 13.8 Å². The smallest absolute Gasteiger partial charge is 0.335 e. The molecule has 0 heterocycles. The molecule has 0 radical (unpaired) electrons. The molecule has 1 rings (SSSR count). The van der Waals surface area contributed by atoms with Crippen molar-refractivity contribution in [3.8, 4) is 0 Å². The Kier molecular flexibility index (Phi) is 6.37. The maximum Gasteiger partial charge on any atom is 0.335 e. The highest BCUT2D eigenvalue weighted by Gasteiger charge is 2.18. The molecule has 0 aliphatic carbocycles. The number of nitrogens with zero attached hydrogens (tertiary/aromatic N) is 2. The van der Waals surface area contributed by atoms with Crippen molar-refractivity contribution in [3.63, 3.8) is 0 Å². The predicted octanol–water partition coefficient (Wildman–Crippen LogP) is 2.04. The Hall–Kier alpha value is -1.88. The van der Waals surface area contributed by atoms with Gasteiger partial charge in [0.1, 0.15) is 0 Å². The van der Waals surface area contributed by atoms with Crippen LogP contribution in [0.15, 0.2) is 24.3 Å². The van der Waals surface area contributed by atoms with E-state index in [1.807, 2.05) is 19.0 Å². The molecule has 1 N–H and O–H groups in total. The lowest BCUT2D eigenvalue weighted by Gasteiger charge is -2.26. The molecule has 0 aliphatic heterocycles. The fraction of sp³-hybridized carbons (Fsp3) is 0.500. The van der Waals surface area contributed by atoms with E-state index in [9.17, 15) is 9.59 Å². The zero-order valence-corrected chi connectivity index (χ0v) is 13.2. The van der Waals surface area contributed by atoms with E-state index in [1.54, 1.807) is 17.0 Å². The topological polar surface area (TPSA) is 60.9 Å². The number of benzene rings is 1. The normalized spacial score (nSPS) is 11.0. The molecule has 0 atom stereocenters. The van der Waals surface area contributed by atoms with E-state index in [1.165, 1.54) is 12.1 Å². The van der Waals surface area contributed by atoms with Crippen molar-refractivity contribution < 1.29 is 14.7 Å². The molecule has 0 spiro atoms. The van der Waals surface area contributed by atoms with Crippen molar-refractivity contribution in [2.75, 3.05) is 33.7 Å². The second kappa shape index (κ2) is 7.78. The Morgan fingerprint density at radius 3 is 2.29 bits per heavy atom. The summed E-state index contributed by atoms with van der Waals surface area (Å²) in [7, 11) is 3.92. The van der Waals surface area contributed by atoms with E-state index in [0.717, 1.165) is 6.54 Å². The summed E-state index contributed by atoms with van der Waals surface area (Å²) >= 11 is 0. The van der Waals surface area contributed by atoms with Crippen LogP contribution in [0.2, 0.25) is 0 Å². The van der Waals surface area contributed by atoms with Gasteiger partial charge < -0.3 is 14.9 Å². The number of carbonyl (C=O) groups excluding carboxylic acids is 1. The monoisotopic (exact) mass is 292 g/mol. The van der Waals surface area contributed by atoms with Crippen LogP contribution in [0.3, 0.4) is 0 Å². The number of aromatic carboxylic acids is 1. The van der Waals surface area contributed by atoms with Crippen LogP contribution in [0.1, 0.15) is 34.6 Å². The standard InChI is InChI=1S/C16H24N2O3/c1-12(2)11-18(9-8-17(3)4)15(19)13-6-5-7-14(10-13)16(20)21/h5-7,10,12H,8-9,11H2,1-4H3,(H,20,21). The number of rotatable bonds is 7. The molecule has 116 valence electrons. The van der Waals surface area contributed by atoms with E-state index >= 15 is 0 Å². The minimum atomic E-state index is -1.02. The second-order valence-electron chi connectivity index (χ2n) is 5.83. The minimum Gasteiger partial charge on any atom is -0.478 e. The Balaban J connectivity index is 2.92. The maximum atomic E-state index is 12.6. The highest BCUT2D eigenvalue weighted by atomic mass is 16.4. The molecule has 21 heavy (non-hydrogen) atoms. The molecule has 0 fully saturated rings. The summed E-state index contributed by atoms with van der Waals surface area (Å²) in [4.78, 5) is 27.4. The third-order valence-corrected chi connectivity index (χ3v) is 3.05. The van der Waals surface area contributed by atoms with Gasteiger partial charge in [0.15, 0.2) is 0 Å². The predicted molar refractivity (Wildman–Crippen MR) is 82.7 cm³/mol. The molecular formula is C16H24N2O3. The summed E-state index contributed by atoms with van der Waals surface area (Å²) in [5.41, 5.74) is 0.562. The quantitative estimate of drug-likeness (QED) is 0.835. The average Bonchev–Trinajstić information content (AvgIpc) is 2.42. The van der Waals surface area contributed by atoms with Crippen molar-refractivity contribution >= 4 is 11.9 Å². The van der Waals surface area contributed by atoms with Gasteiger partial charge in [-0.25, -0.2) is 4.79 Å². The molecule has 0 aromatic heterocycles. The van der Waals surface area contributed by atoms with Crippen molar-refractivity contribution in [1.29, 1.82) is 0 Å². The van der Waals surface area contributed by atoms with Crippen LogP contribution < -0.4 is 0 Å². The number of likely N-dealkylation sites (N-methyl/N-ethyl adjacent to an activating group) is 1. The third kappa shape index (κ3) is 5.55. The maximum absolute atomic E-state index is 12.6. The number of amides is 1. The fourth-order valence-corrected chi connectivity index (χ4v) is 2.01. The summed E-state index contributed by atoms with van der Waals surface area (Å²) in [6, 6.07) is 6.20. The number of carbonyl (C=O) groups is 2. The van der Waals surface area contributed by atoms with Gasteiger partial charge in [-0.2, -0.15) is 0 Å². The molecule has 5 heteroatoms. The van der Waals surface area contributed by atoms with Gasteiger partial charge in [0.25, 0.3) is 5.91 Å². The molecule has 0 saturated heterocycles. The molecule has 0 unspecified atom stereocenters. The summed E-state index contributed by atoms with van der Waals surface area (Å²) in [5, 5.41) is 9.02. The van der Waals surface area contributed by atoms with Crippen LogP contribution in [0.4, 0.5) is 0 Å². The van der Waals surface area contributed by atoms with Gasteiger partial charge in [0.2, 0.25) is 0 Å². The van der Waals surface area contributed by atoms with Crippen LogP contribution in [-0.2, 0) is 0 Å². The number of hydrogen-bond donors (Lipinski definition) is 1. The highest BCUT2D eigenvalue weighted by molar-refractivity contribution is 5.97. The summed E-state index contributed by atoms with van der Waals surface area (Å²) in [6.45, 7) is 6.18. The lowest BCUT2D eigenvalue weighted by molar-refractivity contribution is 0.0697. The molecule has 5 nitrogen and oxygen atoms in total. The third-order valence-electron chi connectivity index (χ3n) is 3.05. The van der Waals surface area contributed by atoms with Gasteiger partial charge in [-0.05, 0) is 38.2 Å². The van der Waals surface area contributed by atoms with Gasteiger partial charge in [-0.3, -0.25) is 4.79 Å². The zero-order chi connectivity index (χ0) is 16.0. The first-order chi connectivity index (χ1) is 9.81. The van der Waals surface area contributed by atoms with Gasteiger partial charge in [0, 0.05) is 25.2 Å². The average molecular weight is 292 g/mol. The van der Waals surface area contributed by atoms with E-state index in [4.69, 9.17) is 5.11 Å². The zero-order valence-electron chi connectivity index (χ0n) is 13.2. The summed E-state index contributed by atoms with van der Waals surface area (Å²) in [5.74, 6) is -0.777. The van der Waals surface area contributed by atoms with Gasteiger partial charge in [-0.1, -0.05) is 19.9 Å². The van der Waals surface area contributed by atoms with Crippen molar-refractivity contribution in [3.05, 3.63) is 35.4 Å². The van der Waals surface area contributed by atoms with Crippen molar-refractivity contribution in [1.82, 2.24) is 9.80 Å². The molecular weight excluding hydrogens is 268 g/mol. The number of hydrogen-bond acceptors (Lipinski definition) is 3. The molecule has 1 amide bonds. The molecule has 1 aromatic carbocycles. The van der Waals surface area contributed by atoms with Gasteiger partial charge >= 0.3 is 5.97 Å². The van der Waals surface area contributed by atoms with E-state index in [0.29, 0.717) is 24.6 Å². The largest absolute Gasteiger partial charge is 0.478 e. The molecule has 0 saturated carbocycles. The SMILES string of the molecule is CC(C)CN(CCN(C)C)C(=O)c1cccc(C(=O)O)c1. The van der Waals surface area contributed by atoms with E-state index in [-0.39, 0.29) is 11.5 Å². The lowest BCUT2D eigenvalue weighted by atomic mass is 10.1. The Morgan fingerprint density at radius 1 is 1.14 bits per heavy atom. The lowest BCUT2D eigenvalue weighted by Crippen LogP contribution is -2.39. The summed E-state index contributed by atoms with van der Waals surface area (Å²) < 4.78 is 0. The Morgan fingerprint density at radius 2 is 1.76 bits per heavy atom. The highest BCUT2D eigenvalue weighted by Crippen LogP contribution is 2.10. The first kappa shape index (κ1) is 17.2. The molecule has 1 aromatic rings. The van der Waals surface area contributed by atoms with Crippen molar-refractivity contribution in [2.24, 2.45) is 5.92 Å². The van der Waals surface area contributed by atoms with Gasteiger partial charge in [-0.15, -0.1) is 0 Å². The van der Waals surface area contributed by atoms with Crippen LogP contribution in [-0.4, -0.2) is 60.5 Å². The first-order valence-electron chi connectivity index (χ1n) is 7.08. The molecule has 0 aliphatic rings. The fourth-order valence-electron chi connectivity index (χ4n) is 2.01. The number of carboxylic acids is 1. The van der Waals surface area contributed by atoms with Crippen LogP contribution in [0.5, 0.6) is 0 Å². The summed E-state index contributed by atoms with van der Waals surface area (Å²) in [6.07, 6.45) is 0. The minimum absolute atomic E-state index is 0.117. The van der Waals surface area contributed by atoms with E-state index < -0.39 is 5.97 Å². The van der Waals surface area contributed by atoms with Gasteiger partial charge in [0.05, 0.1) is 5.56 Å².